The second-order valence-corrected chi connectivity index (χ2v) is 4.12. The summed E-state index contributed by atoms with van der Waals surface area (Å²) in [5.41, 5.74) is 0. The largest absolute Gasteiger partial charge is 0.391 e. The third-order valence-electron chi connectivity index (χ3n) is 2.79. The van der Waals surface area contributed by atoms with Gasteiger partial charge in [0.05, 0.1) is 6.10 Å². The Morgan fingerprint density at radius 1 is 1.50 bits per heavy atom. The van der Waals surface area contributed by atoms with E-state index >= 15 is 0 Å². The van der Waals surface area contributed by atoms with Crippen LogP contribution in [0.4, 0.5) is 0 Å². The molecule has 12 heavy (non-hydrogen) atoms. The van der Waals surface area contributed by atoms with Crippen LogP contribution in [0.1, 0.15) is 33.1 Å². The lowest BCUT2D eigenvalue weighted by Gasteiger charge is -2.17. The lowest BCUT2D eigenvalue weighted by atomic mass is 9.91. The lowest BCUT2D eigenvalue weighted by molar-refractivity contribution is 0.132. The second kappa shape index (κ2) is 4.83. The van der Waals surface area contributed by atoms with E-state index in [0.717, 1.165) is 19.0 Å². The molecule has 0 amide bonds. The second-order valence-electron chi connectivity index (χ2n) is 4.12. The SMILES string of the molecule is CCCC(C)CC1CNCC1O. The molecule has 2 N–H and O–H groups in total. The van der Waals surface area contributed by atoms with Gasteiger partial charge in [0.15, 0.2) is 0 Å². The Bertz CT molecular complexity index is 127. The summed E-state index contributed by atoms with van der Waals surface area (Å²) in [6.45, 7) is 6.31. The summed E-state index contributed by atoms with van der Waals surface area (Å²) >= 11 is 0. The number of nitrogens with one attached hydrogen (secondary N) is 1. The quantitative estimate of drug-likeness (QED) is 0.670. The number of hydrogen-bond acceptors (Lipinski definition) is 2. The van der Waals surface area contributed by atoms with Crippen LogP contribution in [-0.4, -0.2) is 24.3 Å². The van der Waals surface area contributed by atoms with Crippen molar-refractivity contribution in [2.24, 2.45) is 11.8 Å². The molecule has 1 fully saturated rings. The van der Waals surface area contributed by atoms with Crippen molar-refractivity contribution in [3.8, 4) is 0 Å². The molecule has 3 atom stereocenters. The minimum absolute atomic E-state index is 0.0932. The molecule has 0 aromatic heterocycles. The van der Waals surface area contributed by atoms with Gasteiger partial charge in [0.1, 0.15) is 0 Å². The smallest absolute Gasteiger partial charge is 0.0704 e. The standard InChI is InChI=1S/C10H21NO/c1-3-4-8(2)5-9-6-11-7-10(9)12/h8-12H,3-7H2,1-2H3. The summed E-state index contributed by atoms with van der Waals surface area (Å²) in [5, 5.41) is 12.8. The van der Waals surface area contributed by atoms with Crippen LogP contribution in [0.3, 0.4) is 0 Å². The maximum atomic E-state index is 9.54. The number of β-amino-alcohol motifs (C(OH)–C–C–N with tert-alkyl or cyclic N) is 1. The summed E-state index contributed by atoms with van der Waals surface area (Å²) in [4.78, 5) is 0. The molecule has 1 saturated heterocycles. The fraction of sp³-hybridized carbons (Fsp3) is 1.00. The van der Waals surface area contributed by atoms with Crippen LogP contribution in [0.5, 0.6) is 0 Å². The summed E-state index contributed by atoms with van der Waals surface area (Å²) in [7, 11) is 0. The van der Waals surface area contributed by atoms with Gasteiger partial charge in [-0.05, 0) is 18.3 Å². The van der Waals surface area contributed by atoms with Gasteiger partial charge in [0, 0.05) is 13.1 Å². The van der Waals surface area contributed by atoms with E-state index in [1.165, 1.54) is 19.3 Å². The molecular formula is C10H21NO. The first-order valence-electron chi connectivity index (χ1n) is 5.12. The monoisotopic (exact) mass is 171 g/mol. The summed E-state index contributed by atoms with van der Waals surface area (Å²) in [6, 6.07) is 0. The van der Waals surface area contributed by atoms with E-state index in [2.05, 4.69) is 19.2 Å². The molecule has 2 nitrogen and oxygen atoms in total. The molecule has 0 radical (unpaired) electrons. The van der Waals surface area contributed by atoms with Gasteiger partial charge >= 0.3 is 0 Å². The fourth-order valence-corrected chi connectivity index (χ4v) is 2.09. The van der Waals surface area contributed by atoms with E-state index in [4.69, 9.17) is 0 Å². The summed E-state index contributed by atoms with van der Waals surface area (Å²) in [5.74, 6) is 1.28. The lowest BCUT2D eigenvalue weighted by Crippen LogP contribution is -2.20. The Labute approximate surface area is 75.4 Å². The van der Waals surface area contributed by atoms with E-state index < -0.39 is 0 Å². The van der Waals surface area contributed by atoms with Crippen LogP contribution in [0, 0.1) is 11.8 Å². The van der Waals surface area contributed by atoms with Crippen LogP contribution in [-0.2, 0) is 0 Å². The molecule has 0 spiro atoms. The van der Waals surface area contributed by atoms with E-state index in [0.29, 0.717) is 5.92 Å². The molecule has 3 unspecified atom stereocenters. The average Bonchev–Trinajstić information content (AvgIpc) is 2.37. The van der Waals surface area contributed by atoms with Gasteiger partial charge in [-0.3, -0.25) is 0 Å². The van der Waals surface area contributed by atoms with Gasteiger partial charge in [-0.1, -0.05) is 26.7 Å². The molecule has 0 bridgehead atoms. The van der Waals surface area contributed by atoms with Crippen molar-refractivity contribution < 1.29 is 5.11 Å². The first-order chi connectivity index (χ1) is 5.74. The van der Waals surface area contributed by atoms with Crippen LogP contribution in [0.15, 0.2) is 0 Å². The highest BCUT2D eigenvalue weighted by Crippen LogP contribution is 2.21. The van der Waals surface area contributed by atoms with Gasteiger partial charge in [0.25, 0.3) is 0 Å². The van der Waals surface area contributed by atoms with Crippen molar-refractivity contribution in [3.63, 3.8) is 0 Å². The highest BCUT2D eigenvalue weighted by atomic mass is 16.3. The minimum Gasteiger partial charge on any atom is -0.391 e. The maximum absolute atomic E-state index is 9.54. The predicted molar refractivity (Wildman–Crippen MR) is 51.1 cm³/mol. The molecule has 1 rings (SSSR count). The molecule has 0 saturated carbocycles. The molecule has 0 aliphatic carbocycles. The Morgan fingerprint density at radius 3 is 2.75 bits per heavy atom. The molecule has 0 aromatic rings. The highest BCUT2D eigenvalue weighted by Gasteiger charge is 2.25. The van der Waals surface area contributed by atoms with Crippen molar-refractivity contribution >= 4 is 0 Å². The third kappa shape index (κ3) is 2.76. The third-order valence-corrected chi connectivity index (χ3v) is 2.79. The van der Waals surface area contributed by atoms with Gasteiger partial charge in [-0.15, -0.1) is 0 Å². The van der Waals surface area contributed by atoms with E-state index in [1.807, 2.05) is 0 Å². The van der Waals surface area contributed by atoms with Crippen LogP contribution >= 0.6 is 0 Å². The molecular weight excluding hydrogens is 150 g/mol. The summed E-state index contributed by atoms with van der Waals surface area (Å²) < 4.78 is 0. The molecule has 72 valence electrons. The highest BCUT2D eigenvalue weighted by molar-refractivity contribution is 4.81. The van der Waals surface area contributed by atoms with Crippen LogP contribution < -0.4 is 5.32 Å². The van der Waals surface area contributed by atoms with Crippen molar-refractivity contribution in [1.82, 2.24) is 5.32 Å². The summed E-state index contributed by atoms with van der Waals surface area (Å²) in [6.07, 6.45) is 3.65. The molecule has 1 aliphatic heterocycles. The first-order valence-corrected chi connectivity index (χ1v) is 5.12. The average molecular weight is 171 g/mol. The predicted octanol–water partition coefficient (Wildman–Crippen LogP) is 1.39. The first kappa shape index (κ1) is 10.0. The molecule has 0 aromatic carbocycles. The van der Waals surface area contributed by atoms with E-state index in [1.54, 1.807) is 0 Å². The molecule has 1 aliphatic rings. The van der Waals surface area contributed by atoms with Crippen molar-refractivity contribution in [2.75, 3.05) is 13.1 Å². The fourth-order valence-electron chi connectivity index (χ4n) is 2.09. The van der Waals surface area contributed by atoms with Gasteiger partial charge in [-0.25, -0.2) is 0 Å². The van der Waals surface area contributed by atoms with Crippen molar-refractivity contribution in [1.29, 1.82) is 0 Å². The van der Waals surface area contributed by atoms with E-state index in [9.17, 15) is 5.11 Å². The van der Waals surface area contributed by atoms with E-state index in [-0.39, 0.29) is 6.10 Å². The molecule has 1 heterocycles. The zero-order chi connectivity index (χ0) is 8.97. The van der Waals surface area contributed by atoms with Crippen molar-refractivity contribution in [2.45, 2.75) is 39.2 Å². The Kier molecular flexibility index (Phi) is 4.02. The topological polar surface area (TPSA) is 32.3 Å². The number of aliphatic hydroxyl groups excluding tert-OH is 1. The normalized spacial score (nSPS) is 32.2. The minimum atomic E-state index is -0.0932. The number of aliphatic hydroxyl groups is 1. The van der Waals surface area contributed by atoms with Crippen LogP contribution in [0.2, 0.25) is 0 Å². The Hall–Kier alpha value is -0.0800. The zero-order valence-electron chi connectivity index (χ0n) is 8.21. The number of hydrogen-bond donors (Lipinski definition) is 2. The Balaban J connectivity index is 2.20. The van der Waals surface area contributed by atoms with Crippen LogP contribution in [0.25, 0.3) is 0 Å². The zero-order valence-corrected chi connectivity index (χ0v) is 8.21. The Morgan fingerprint density at radius 2 is 2.25 bits per heavy atom. The number of rotatable bonds is 4. The van der Waals surface area contributed by atoms with Gasteiger partial charge < -0.3 is 10.4 Å². The van der Waals surface area contributed by atoms with Gasteiger partial charge in [-0.2, -0.15) is 0 Å². The maximum Gasteiger partial charge on any atom is 0.0704 e. The van der Waals surface area contributed by atoms with Crippen molar-refractivity contribution in [3.05, 3.63) is 0 Å². The van der Waals surface area contributed by atoms with Gasteiger partial charge in [0.2, 0.25) is 0 Å². The molecule has 2 heteroatoms.